The van der Waals surface area contributed by atoms with Crippen molar-refractivity contribution in [1.29, 1.82) is 0 Å². The van der Waals surface area contributed by atoms with Gasteiger partial charge in [0.25, 0.3) is 0 Å². The van der Waals surface area contributed by atoms with Gasteiger partial charge in [0, 0.05) is 39.3 Å². The van der Waals surface area contributed by atoms with E-state index < -0.39 is 0 Å². The minimum atomic E-state index is 0.273. The van der Waals surface area contributed by atoms with Crippen molar-refractivity contribution >= 4 is 0 Å². The quantitative estimate of drug-likeness (QED) is 0.785. The number of hydrogen-bond donors (Lipinski definition) is 1. The molecule has 1 aromatic carbocycles. The van der Waals surface area contributed by atoms with Crippen LogP contribution >= 0.6 is 0 Å². The summed E-state index contributed by atoms with van der Waals surface area (Å²) in [6.45, 7) is 9.04. The molecular weight excluding hydrogens is 302 g/mol. The average Bonchev–Trinajstić information content (AvgIpc) is 3.13. The highest BCUT2D eigenvalue weighted by atomic mass is 16.5. The molecule has 0 aromatic heterocycles. The highest BCUT2D eigenvalue weighted by Crippen LogP contribution is 2.18. The second kappa shape index (κ2) is 9.37. The lowest BCUT2D eigenvalue weighted by atomic mass is 10.2. The van der Waals surface area contributed by atoms with E-state index in [2.05, 4.69) is 28.0 Å². The molecule has 0 aliphatic carbocycles. The summed E-state index contributed by atoms with van der Waals surface area (Å²) in [5, 5.41) is 0. The Morgan fingerprint density at radius 2 is 2.00 bits per heavy atom. The molecule has 2 saturated heterocycles. The van der Waals surface area contributed by atoms with Gasteiger partial charge in [-0.2, -0.15) is 0 Å². The molecule has 1 aromatic rings. The van der Waals surface area contributed by atoms with Crippen LogP contribution < -0.4 is 10.5 Å². The van der Waals surface area contributed by atoms with E-state index in [1.54, 1.807) is 0 Å². The molecule has 0 bridgehead atoms. The molecule has 2 aliphatic heterocycles. The molecule has 2 heterocycles. The van der Waals surface area contributed by atoms with Crippen molar-refractivity contribution < 1.29 is 9.47 Å². The first-order chi connectivity index (χ1) is 11.8. The fourth-order valence-electron chi connectivity index (χ4n) is 3.44. The molecular formula is C19H31N3O2. The van der Waals surface area contributed by atoms with E-state index in [0.717, 1.165) is 77.4 Å². The number of hydrogen-bond acceptors (Lipinski definition) is 5. The zero-order chi connectivity index (χ0) is 16.6. The lowest BCUT2D eigenvalue weighted by molar-refractivity contribution is 0.0679. The van der Waals surface area contributed by atoms with Crippen molar-refractivity contribution in [3.8, 4) is 5.75 Å². The number of ether oxygens (including phenoxy) is 2. The normalized spacial score (nSPS) is 22.8. The Balaban J connectivity index is 1.43. The minimum Gasteiger partial charge on any atom is -0.491 e. The van der Waals surface area contributed by atoms with Crippen LogP contribution in [-0.2, 0) is 11.3 Å². The first-order valence-corrected chi connectivity index (χ1v) is 9.31. The van der Waals surface area contributed by atoms with Gasteiger partial charge in [-0.25, -0.2) is 0 Å². The van der Waals surface area contributed by atoms with E-state index in [1.165, 1.54) is 5.56 Å². The van der Waals surface area contributed by atoms with E-state index in [4.69, 9.17) is 15.2 Å². The van der Waals surface area contributed by atoms with E-state index in [9.17, 15) is 0 Å². The smallest absolute Gasteiger partial charge is 0.119 e. The van der Waals surface area contributed by atoms with E-state index in [-0.39, 0.29) is 6.10 Å². The van der Waals surface area contributed by atoms with Crippen molar-refractivity contribution in [3.05, 3.63) is 29.8 Å². The van der Waals surface area contributed by atoms with E-state index in [1.807, 2.05) is 6.07 Å². The predicted molar refractivity (Wildman–Crippen MR) is 96.3 cm³/mol. The zero-order valence-corrected chi connectivity index (χ0v) is 14.7. The van der Waals surface area contributed by atoms with Gasteiger partial charge in [0.05, 0.1) is 6.10 Å². The maximum Gasteiger partial charge on any atom is 0.119 e. The highest BCUT2D eigenvalue weighted by molar-refractivity contribution is 5.28. The Bertz CT molecular complexity index is 483. The van der Waals surface area contributed by atoms with Crippen LogP contribution in [0.15, 0.2) is 24.3 Å². The van der Waals surface area contributed by atoms with Crippen molar-refractivity contribution in [3.63, 3.8) is 0 Å². The first kappa shape index (κ1) is 17.7. The van der Waals surface area contributed by atoms with Crippen LogP contribution in [0, 0.1) is 0 Å². The summed E-state index contributed by atoms with van der Waals surface area (Å²) >= 11 is 0. The van der Waals surface area contributed by atoms with Crippen molar-refractivity contribution in [2.24, 2.45) is 5.73 Å². The van der Waals surface area contributed by atoms with Crippen molar-refractivity contribution in [2.75, 3.05) is 52.5 Å². The van der Waals surface area contributed by atoms with E-state index in [0.29, 0.717) is 6.61 Å². The van der Waals surface area contributed by atoms with Gasteiger partial charge in [0.15, 0.2) is 0 Å². The Kier molecular flexibility index (Phi) is 6.90. The molecule has 5 heteroatoms. The summed E-state index contributed by atoms with van der Waals surface area (Å²) in [4.78, 5) is 5.04. The SMILES string of the molecule is NCCCN1CCN(Cc2cccc(OCC3CCCO3)c2)CC1. The standard InChI is InChI=1S/C19H31N3O2/c20-7-3-8-21-9-11-22(12-10-21)15-17-4-1-5-18(14-17)24-16-19-6-2-13-23-19/h1,4-5,14,19H,2-3,6-13,15-16,20H2. The third-order valence-electron chi connectivity index (χ3n) is 4.91. The third kappa shape index (κ3) is 5.45. The molecule has 0 saturated carbocycles. The molecule has 0 spiro atoms. The summed E-state index contributed by atoms with van der Waals surface area (Å²) in [5.74, 6) is 0.963. The summed E-state index contributed by atoms with van der Waals surface area (Å²) < 4.78 is 11.5. The molecule has 0 radical (unpaired) electrons. The zero-order valence-electron chi connectivity index (χ0n) is 14.7. The predicted octanol–water partition coefficient (Wildman–Crippen LogP) is 1.71. The van der Waals surface area contributed by atoms with Gasteiger partial charge >= 0.3 is 0 Å². The number of benzene rings is 1. The van der Waals surface area contributed by atoms with Crippen LogP contribution in [0.25, 0.3) is 0 Å². The molecule has 0 amide bonds. The lowest BCUT2D eigenvalue weighted by Crippen LogP contribution is -2.46. The summed E-state index contributed by atoms with van der Waals surface area (Å²) in [7, 11) is 0. The molecule has 3 rings (SSSR count). The van der Waals surface area contributed by atoms with E-state index >= 15 is 0 Å². The van der Waals surface area contributed by atoms with Gasteiger partial charge in [0.2, 0.25) is 0 Å². The van der Waals surface area contributed by atoms with Gasteiger partial charge in [-0.05, 0) is 50.0 Å². The van der Waals surface area contributed by atoms with Crippen LogP contribution in [-0.4, -0.2) is 68.4 Å². The molecule has 24 heavy (non-hydrogen) atoms. The largest absolute Gasteiger partial charge is 0.491 e. The number of nitrogens with zero attached hydrogens (tertiary/aromatic N) is 2. The van der Waals surface area contributed by atoms with Crippen molar-refractivity contribution in [1.82, 2.24) is 9.80 Å². The first-order valence-electron chi connectivity index (χ1n) is 9.31. The Labute approximate surface area is 145 Å². The fraction of sp³-hybridized carbons (Fsp3) is 0.684. The molecule has 2 aliphatic rings. The molecule has 1 unspecified atom stereocenters. The van der Waals surface area contributed by atoms with Gasteiger partial charge in [-0.3, -0.25) is 4.90 Å². The number of nitrogens with two attached hydrogens (primary N) is 1. The summed E-state index contributed by atoms with van der Waals surface area (Å²) in [5.41, 5.74) is 6.93. The molecule has 1 atom stereocenters. The Morgan fingerprint density at radius 3 is 2.75 bits per heavy atom. The maximum atomic E-state index is 5.92. The minimum absolute atomic E-state index is 0.273. The van der Waals surface area contributed by atoms with Crippen LogP contribution in [0.4, 0.5) is 0 Å². The molecule has 134 valence electrons. The second-order valence-electron chi connectivity index (χ2n) is 6.85. The van der Waals surface area contributed by atoms with Gasteiger partial charge in [0.1, 0.15) is 12.4 Å². The highest BCUT2D eigenvalue weighted by Gasteiger charge is 2.17. The summed E-state index contributed by atoms with van der Waals surface area (Å²) in [6.07, 6.45) is 3.65. The monoisotopic (exact) mass is 333 g/mol. The number of piperazine rings is 1. The van der Waals surface area contributed by atoms with Gasteiger partial charge < -0.3 is 20.1 Å². The fourth-order valence-corrected chi connectivity index (χ4v) is 3.44. The summed E-state index contributed by atoms with van der Waals surface area (Å²) in [6, 6.07) is 8.51. The van der Waals surface area contributed by atoms with Crippen molar-refractivity contribution in [2.45, 2.75) is 31.9 Å². The lowest BCUT2D eigenvalue weighted by Gasteiger charge is -2.34. The Hall–Kier alpha value is -1.14. The second-order valence-corrected chi connectivity index (χ2v) is 6.85. The van der Waals surface area contributed by atoms with Crippen LogP contribution in [0.1, 0.15) is 24.8 Å². The number of rotatable bonds is 8. The van der Waals surface area contributed by atoms with Crippen LogP contribution in [0.5, 0.6) is 5.75 Å². The molecule has 5 nitrogen and oxygen atoms in total. The van der Waals surface area contributed by atoms with Gasteiger partial charge in [-0.15, -0.1) is 0 Å². The third-order valence-corrected chi connectivity index (χ3v) is 4.91. The molecule has 2 N–H and O–H groups in total. The Morgan fingerprint density at radius 1 is 1.17 bits per heavy atom. The van der Waals surface area contributed by atoms with Crippen LogP contribution in [0.2, 0.25) is 0 Å². The average molecular weight is 333 g/mol. The maximum absolute atomic E-state index is 5.92. The topological polar surface area (TPSA) is 51.0 Å². The van der Waals surface area contributed by atoms with Crippen LogP contribution in [0.3, 0.4) is 0 Å². The molecule has 2 fully saturated rings. The van der Waals surface area contributed by atoms with Gasteiger partial charge in [-0.1, -0.05) is 12.1 Å².